The fraction of sp³-hybridized carbons (Fsp3) is 0.842. The van der Waals surface area contributed by atoms with Gasteiger partial charge in [0.25, 0.3) is 0 Å². The molecule has 2 atom stereocenters. The second-order valence-electron chi connectivity index (χ2n) is 6.47. The average molecular weight is 309 g/mol. The number of carbonyl (C=O) groups is 1. The van der Waals surface area contributed by atoms with Gasteiger partial charge in [0, 0.05) is 18.5 Å². The van der Waals surface area contributed by atoms with E-state index < -0.39 is 0 Å². The Hall–Kier alpha value is -0.830. The van der Waals surface area contributed by atoms with E-state index in [0.29, 0.717) is 6.42 Å². The molecule has 0 bridgehead atoms. The number of rotatable bonds is 14. The number of hydrogen-bond donors (Lipinski definition) is 1. The minimum atomic E-state index is -0.0791. The van der Waals surface area contributed by atoms with Crippen LogP contribution in [-0.2, 0) is 9.53 Å². The fourth-order valence-corrected chi connectivity index (χ4v) is 2.88. The molecule has 3 heteroatoms. The van der Waals surface area contributed by atoms with Gasteiger partial charge in [0.2, 0.25) is 0 Å². The van der Waals surface area contributed by atoms with Crippen molar-refractivity contribution in [3.05, 3.63) is 12.2 Å². The predicted molar refractivity (Wildman–Crippen MR) is 92.9 cm³/mol. The molecule has 1 rings (SSSR count). The summed E-state index contributed by atoms with van der Waals surface area (Å²) in [6.07, 6.45) is 19.0. The molecule has 1 aliphatic heterocycles. The zero-order valence-corrected chi connectivity index (χ0v) is 14.6. The molecule has 1 saturated heterocycles. The number of nitrogens with one attached hydrogen (secondary N) is 1. The SMILES string of the molecule is CCCCC[C@@H]1N[C@@H]1C/C=C\CCCCCCCC(=O)OC. The van der Waals surface area contributed by atoms with Crippen molar-refractivity contribution in [3.8, 4) is 0 Å². The molecule has 0 unspecified atom stereocenters. The summed E-state index contributed by atoms with van der Waals surface area (Å²) in [7, 11) is 1.46. The Morgan fingerprint density at radius 2 is 1.77 bits per heavy atom. The van der Waals surface area contributed by atoms with Gasteiger partial charge in [0.05, 0.1) is 7.11 Å². The molecule has 1 aliphatic rings. The summed E-state index contributed by atoms with van der Waals surface area (Å²) in [6, 6.07) is 1.55. The Labute approximate surface area is 136 Å². The summed E-state index contributed by atoms with van der Waals surface area (Å²) in [5.41, 5.74) is 0. The first-order valence-corrected chi connectivity index (χ1v) is 9.25. The largest absolute Gasteiger partial charge is 0.469 e. The van der Waals surface area contributed by atoms with E-state index in [2.05, 4.69) is 29.1 Å². The van der Waals surface area contributed by atoms with Crippen molar-refractivity contribution in [1.82, 2.24) is 5.32 Å². The highest BCUT2D eigenvalue weighted by atomic mass is 16.5. The van der Waals surface area contributed by atoms with E-state index in [0.717, 1.165) is 24.9 Å². The molecule has 0 saturated carbocycles. The van der Waals surface area contributed by atoms with E-state index in [-0.39, 0.29) is 5.97 Å². The first-order chi connectivity index (χ1) is 10.8. The highest BCUT2D eigenvalue weighted by Crippen LogP contribution is 2.21. The van der Waals surface area contributed by atoms with E-state index in [4.69, 9.17) is 0 Å². The van der Waals surface area contributed by atoms with Crippen LogP contribution in [-0.4, -0.2) is 25.2 Å². The highest BCUT2D eigenvalue weighted by Gasteiger charge is 2.33. The van der Waals surface area contributed by atoms with Crippen LogP contribution in [0.15, 0.2) is 12.2 Å². The summed E-state index contributed by atoms with van der Waals surface area (Å²) in [5, 5.41) is 3.58. The molecule has 0 aromatic heterocycles. The molecule has 1 heterocycles. The lowest BCUT2D eigenvalue weighted by Gasteiger charge is -2.00. The predicted octanol–water partition coefficient (Wildman–Crippen LogP) is 4.76. The topological polar surface area (TPSA) is 48.2 Å². The molecule has 1 fully saturated rings. The van der Waals surface area contributed by atoms with Crippen LogP contribution in [0.1, 0.15) is 84.0 Å². The molecule has 0 aromatic rings. The van der Waals surface area contributed by atoms with E-state index in [1.165, 1.54) is 64.9 Å². The van der Waals surface area contributed by atoms with Crippen molar-refractivity contribution in [2.24, 2.45) is 0 Å². The summed E-state index contributed by atoms with van der Waals surface area (Å²) in [5.74, 6) is -0.0791. The van der Waals surface area contributed by atoms with E-state index in [1.54, 1.807) is 0 Å². The second kappa shape index (κ2) is 12.7. The maximum absolute atomic E-state index is 10.9. The summed E-state index contributed by atoms with van der Waals surface area (Å²) in [6.45, 7) is 2.26. The van der Waals surface area contributed by atoms with E-state index in [9.17, 15) is 4.79 Å². The number of hydrogen-bond acceptors (Lipinski definition) is 3. The van der Waals surface area contributed by atoms with Gasteiger partial charge in [-0.05, 0) is 32.1 Å². The number of esters is 1. The Kier molecular flexibility index (Phi) is 11.1. The Balaban J connectivity index is 1.80. The number of allylic oxidation sites excluding steroid dienone is 1. The number of methoxy groups -OCH3 is 1. The smallest absolute Gasteiger partial charge is 0.305 e. The molecule has 0 amide bonds. The third kappa shape index (κ3) is 9.99. The Morgan fingerprint density at radius 3 is 2.55 bits per heavy atom. The molecular formula is C19H35NO2. The van der Waals surface area contributed by atoms with Gasteiger partial charge >= 0.3 is 5.97 Å². The van der Waals surface area contributed by atoms with Crippen molar-refractivity contribution in [1.29, 1.82) is 0 Å². The zero-order chi connectivity index (χ0) is 16.0. The molecule has 0 aromatic carbocycles. The molecule has 0 radical (unpaired) electrons. The van der Waals surface area contributed by atoms with Crippen LogP contribution in [0.25, 0.3) is 0 Å². The summed E-state index contributed by atoms with van der Waals surface area (Å²) >= 11 is 0. The lowest BCUT2D eigenvalue weighted by atomic mass is 10.1. The number of unbranched alkanes of at least 4 members (excludes halogenated alkanes) is 7. The monoisotopic (exact) mass is 309 g/mol. The minimum absolute atomic E-state index is 0.0791. The van der Waals surface area contributed by atoms with Gasteiger partial charge in [0.1, 0.15) is 0 Å². The van der Waals surface area contributed by atoms with Crippen LogP contribution in [0.3, 0.4) is 0 Å². The molecule has 0 aliphatic carbocycles. The van der Waals surface area contributed by atoms with Crippen molar-refractivity contribution in [2.45, 2.75) is 96.1 Å². The molecule has 128 valence electrons. The van der Waals surface area contributed by atoms with E-state index >= 15 is 0 Å². The van der Waals surface area contributed by atoms with Gasteiger partial charge in [-0.3, -0.25) is 4.79 Å². The van der Waals surface area contributed by atoms with Crippen molar-refractivity contribution < 1.29 is 9.53 Å². The molecule has 22 heavy (non-hydrogen) atoms. The van der Waals surface area contributed by atoms with Crippen LogP contribution in [0, 0.1) is 0 Å². The standard InChI is InChI=1S/C19H35NO2/c1-3-4-11-14-17-18(20-17)15-12-9-7-5-6-8-10-13-16-19(21)22-2/h9,12,17-18,20H,3-8,10-11,13-16H2,1-2H3/b12-9-/t17-,18+/m0/s1. The zero-order valence-electron chi connectivity index (χ0n) is 14.6. The molecule has 3 nitrogen and oxygen atoms in total. The molecular weight excluding hydrogens is 274 g/mol. The quantitative estimate of drug-likeness (QED) is 0.218. The lowest BCUT2D eigenvalue weighted by molar-refractivity contribution is -0.140. The van der Waals surface area contributed by atoms with Crippen LogP contribution in [0.5, 0.6) is 0 Å². The fourth-order valence-electron chi connectivity index (χ4n) is 2.88. The normalized spacial score (nSPS) is 20.5. The van der Waals surface area contributed by atoms with Gasteiger partial charge in [0.15, 0.2) is 0 Å². The third-order valence-electron chi connectivity index (χ3n) is 4.46. The highest BCUT2D eigenvalue weighted by molar-refractivity contribution is 5.68. The lowest BCUT2D eigenvalue weighted by Crippen LogP contribution is -1.99. The minimum Gasteiger partial charge on any atom is -0.469 e. The first-order valence-electron chi connectivity index (χ1n) is 9.25. The molecule has 0 spiro atoms. The Bertz CT molecular complexity index is 315. The van der Waals surface area contributed by atoms with E-state index in [1.807, 2.05) is 0 Å². The van der Waals surface area contributed by atoms with Crippen LogP contribution in [0.4, 0.5) is 0 Å². The van der Waals surface area contributed by atoms with Gasteiger partial charge < -0.3 is 10.1 Å². The van der Waals surface area contributed by atoms with Crippen LogP contribution in [0.2, 0.25) is 0 Å². The summed E-state index contributed by atoms with van der Waals surface area (Å²) in [4.78, 5) is 10.9. The first kappa shape index (κ1) is 19.2. The van der Waals surface area contributed by atoms with Crippen LogP contribution < -0.4 is 5.32 Å². The van der Waals surface area contributed by atoms with Gasteiger partial charge in [-0.15, -0.1) is 0 Å². The van der Waals surface area contributed by atoms with Crippen molar-refractivity contribution >= 4 is 5.97 Å². The number of ether oxygens (including phenoxy) is 1. The number of carbonyl (C=O) groups excluding carboxylic acids is 1. The van der Waals surface area contributed by atoms with Gasteiger partial charge in [-0.2, -0.15) is 0 Å². The molecule has 1 N–H and O–H groups in total. The van der Waals surface area contributed by atoms with Gasteiger partial charge in [-0.25, -0.2) is 0 Å². The maximum atomic E-state index is 10.9. The van der Waals surface area contributed by atoms with Gasteiger partial charge in [-0.1, -0.05) is 57.6 Å². The van der Waals surface area contributed by atoms with Crippen LogP contribution >= 0.6 is 0 Å². The summed E-state index contributed by atoms with van der Waals surface area (Å²) < 4.78 is 4.63. The maximum Gasteiger partial charge on any atom is 0.305 e. The van der Waals surface area contributed by atoms with Crippen molar-refractivity contribution in [3.63, 3.8) is 0 Å². The Morgan fingerprint density at radius 1 is 1.00 bits per heavy atom. The third-order valence-corrected chi connectivity index (χ3v) is 4.46. The van der Waals surface area contributed by atoms with Crippen molar-refractivity contribution in [2.75, 3.05) is 7.11 Å². The average Bonchev–Trinajstić information content (AvgIpc) is 3.27. The second-order valence-corrected chi connectivity index (χ2v) is 6.47.